The number of hydrogen-bond acceptors (Lipinski definition) is 2. The van der Waals surface area contributed by atoms with E-state index in [1.807, 2.05) is 7.05 Å². The van der Waals surface area contributed by atoms with Gasteiger partial charge >= 0.3 is 0 Å². The van der Waals surface area contributed by atoms with Gasteiger partial charge in [0.05, 0.1) is 16.7 Å². The summed E-state index contributed by atoms with van der Waals surface area (Å²) in [5, 5.41) is 3.15. The number of aromatic nitrogens is 3. The standard InChI is InChI=1S/C15H19BrN4/c1-15(2,3)9-5-6-12-10(7-9)18-14-19-11(8-17-4)13(16)20(12)14/h5-7,17H,8H2,1-4H3,(H,18,19). The van der Waals surface area contributed by atoms with Crippen molar-refractivity contribution in [3.63, 3.8) is 0 Å². The van der Waals surface area contributed by atoms with Gasteiger partial charge in [0.1, 0.15) is 4.60 Å². The van der Waals surface area contributed by atoms with Crippen molar-refractivity contribution in [3.8, 4) is 0 Å². The summed E-state index contributed by atoms with van der Waals surface area (Å²) in [6.07, 6.45) is 0. The summed E-state index contributed by atoms with van der Waals surface area (Å²) < 4.78 is 3.15. The zero-order chi connectivity index (χ0) is 14.5. The highest BCUT2D eigenvalue weighted by Gasteiger charge is 2.17. The first-order valence-corrected chi connectivity index (χ1v) is 7.55. The second kappa shape index (κ2) is 4.60. The third-order valence-electron chi connectivity index (χ3n) is 3.58. The summed E-state index contributed by atoms with van der Waals surface area (Å²) in [4.78, 5) is 8.06. The van der Waals surface area contributed by atoms with Gasteiger partial charge in [0.15, 0.2) is 0 Å². The number of H-pyrrole nitrogens is 1. The molecule has 3 rings (SSSR count). The van der Waals surface area contributed by atoms with E-state index in [-0.39, 0.29) is 5.41 Å². The molecule has 0 atom stereocenters. The molecule has 0 radical (unpaired) electrons. The van der Waals surface area contributed by atoms with Gasteiger partial charge in [0, 0.05) is 6.54 Å². The Labute approximate surface area is 126 Å². The number of halogens is 1. The minimum absolute atomic E-state index is 0.139. The van der Waals surface area contributed by atoms with E-state index in [0.29, 0.717) is 0 Å². The van der Waals surface area contributed by atoms with E-state index in [1.165, 1.54) is 5.56 Å². The number of rotatable bonds is 2. The van der Waals surface area contributed by atoms with Crippen molar-refractivity contribution in [1.82, 2.24) is 19.7 Å². The fourth-order valence-electron chi connectivity index (χ4n) is 2.44. The van der Waals surface area contributed by atoms with E-state index in [9.17, 15) is 0 Å². The van der Waals surface area contributed by atoms with Gasteiger partial charge in [0.2, 0.25) is 5.78 Å². The number of benzene rings is 1. The van der Waals surface area contributed by atoms with Gasteiger partial charge in [-0.25, -0.2) is 4.98 Å². The molecule has 0 bridgehead atoms. The van der Waals surface area contributed by atoms with Gasteiger partial charge in [-0.05, 0) is 46.1 Å². The van der Waals surface area contributed by atoms with Gasteiger partial charge in [-0.1, -0.05) is 26.8 Å². The van der Waals surface area contributed by atoms with Gasteiger partial charge in [-0.2, -0.15) is 0 Å². The number of aromatic amines is 1. The highest BCUT2D eigenvalue weighted by atomic mass is 79.9. The molecule has 0 spiro atoms. The van der Waals surface area contributed by atoms with Crippen LogP contribution in [0.15, 0.2) is 22.8 Å². The van der Waals surface area contributed by atoms with Crippen molar-refractivity contribution in [1.29, 1.82) is 0 Å². The predicted octanol–water partition coefficient (Wildman–Crippen LogP) is 3.60. The Morgan fingerprint density at radius 3 is 2.75 bits per heavy atom. The summed E-state index contributed by atoms with van der Waals surface area (Å²) in [5.41, 5.74) is 4.70. The molecule has 2 aromatic heterocycles. The summed E-state index contributed by atoms with van der Waals surface area (Å²) >= 11 is 3.66. The van der Waals surface area contributed by atoms with Crippen LogP contribution in [0.2, 0.25) is 0 Å². The molecule has 0 aliphatic carbocycles. The molecule has 0 amide bonds. The fourth-order valence-corrected chi connectivity index (χ4v) is 3.04. The van der Waals surface area contributed by atoms with Crippen molar-refractivity contribution in [3.05, 3.63) is 34.1 Å². The normalized spacial score (nSPS) is 12.7. The number of nitrogens with zero attached hydrogens (tertiary/aromatic N) is 2. The van der Waals surface area contributed by atoms with E-state index in [0.717, 1.165) is 33.7 Å². The van der Waals surface area contributed by atoms with Crippen LogP contribution in [0.4, 0.5) is 0 Å². The van der Waals surface area contributed by atoms with Crippen LogP contribution in [0.3, 0.4) is 0 Å². The summed E-state index contributed by atoms with van der Waals surface area (Å²) in [5.74, 6) is 0.878. The van der Waals surface area contributed by atoms with Crippen LogP contribution in [0.5, 0.6) is 0 Å². The fraction of sp³-hybridized carbons (Fsp3) is 0.400. The third kappa shape index (κ3) is 2.05. The highest BCUT2D eigenvalue weighted by Crippen LogP contribution is 2.29. The van der Waals surface area contributed by atoms with Crippen molar-refractivity contribution in [2.45, 2.75) is 32.7 Å². The lowest BCUT2D eigenvalue weighted by atomic mass is 9.87. The minimum Gasteiger partial charge on any atom is -0.325 e. The molecule has 20 heavy (non-hydrogen) atoms. The Morgan fingerprint density at radius 2 is 2.10 bits per heavy atom. The van der Waals surface area contributed by atoms with E-state index >= 15 is 0 Å². The molecule has 2 heterocycles. The molecule has 1 aromatic carbocycles. The summed E-state index contributed by atoms with van der Waals surface area (Å²) in [7, 11) is 1.93. The van der Waals surface area contributed by atoms with Crippen LogP contribution in [0, 0.1) is 0 Å². The molecule has 106 valence electrons. The molecular weight excluding hydrogens is 316 g/mol. The van der Waals surface area contributed by atoms with Crippen LogP contribution in [-0.4, -0.2) is 21.4 Å². The Bertz CT molecular complexity index is 776. The Morgan fingerprint density at radius 1 is 1.35 bits per heavy atom. The molecule has 0 saturated heterocycles. The zero-order valence-electron chi connectivity index (χ0n) is 12.2. The lowest BCUT2D eigenvalue weighted by Gasteiger charge is -2.18. The maximum absolute atomic E-state index is 4.70. The molecule has 5 heteroatoms. The lowest BCUT2D eigenvalue weighted by Crippen LogP contribution is -2.10. The van der Waals surface area contributed by atoms with E-state index in [1.54, 1.807) is 0 Å². The monoisotopic (exact) mass is 334 g/mol. The molecule has 0 unspecified atom stereocenters. The van der Waals surface area contributed by atoms with Gasteiger partial charge in [0.25, 0.3) is 0 Å². The SMILES string of the molecule is CNCc1[nH]c2nc3cc(C(C)(C)C)ccc3n2c1Br. The molecular formula is C15H19BrN4. The van der Waals surface area contributed by atoms with Crippen LogP contribution in [0.25, 0.3) is 16.8 Å². The Hall–Kier alpha value is -1.33. The molecule has 0 aliphatic heterocycles. The zero-order valence-corrected chi connectivity index (χ0v) is 13.8. The summed E-state index contributed by atoms with van der Waals surface area (Å²) in [6.45, 7) is 7.44. The first kappa shape index (κ1) is 13.6. The van der Waals surface area contributed by atoms with Crippen LogP contribution < -0.4 is 5.32 Å². The van der Waals surface area contributed by atoms with Crippen LogP contribution >= 0.6 is 15.9 Å². The molecule has 3 aromatic rings. The number of fused-ring (bicyclic) bond motifs is 3. The van der Waals surface area contributed by atoms with E-state index in [4.69, 9.17) is 4.98 Å². The first-order valence-electron chi connectivity index (χ1n) is 6.75. The first-order chi connectivity index (χ1) is 9.41. The number of nitrogens with one attached hydrogen (secondary N) is 2. The second-order valence-corrected chi connectivity index (χ2v) is 6.90. The Kier molecular flexibility index (Phi) is 3.14. The second-order valence-electron chi connectivity index (χ2n) is 6.15. The minimum atomic E-state index is 0.139. The predicted molar refractivity (Wildman–Crippen MR) is 86.2 cm³/mol. The molecule has 2 N–H and O–H groups in total. The average molecular weight is 335 g/mol. The number of imidazole rings is 2. The van der Waals surface area contributed by atoms with Gasteiger partial charge in [-0.3, -0.25) is 4.40 Å². The Balaban J connectivity index is 2.23. The van der Waals surface area contributed by atoms with Gasteiger partial charge < -0.3 is 10.3 Å². The molecule has 0 aliphatic rings. The smallest absolute Gasteiger partial charge is 0.213 e. The topological polar surface area (TPSA) is 45.1 Å². The van der Waals surface area contributed by atoms with Crippen LogP contribution in [-0.2, 0) is 12.0 Å². The van der Waals surface area contributed by atoms with E-state index < -0.39 is 0 Å². The van der Waals surface area contributed by atoms with Crippen molar-refractivity contribution < 1.29 is 0 Å². The van der Waals surface area contributed by atoms with Crippen molar-refractivity contribution in [2.75, 3.05) is 7.05 Å². The largest absolute Gasteiger partial charge is 0.325 e. The molecule has 0 saturated carbocycles. The average Bonchev–Trinajstić information content (AvgIpc) is 2.86. The maximum Gasteiger partial charge on any atom is 0.213 e. The lowest BCUT2D eigenvalue weighted by molar-refractivity contribution is 0.591. The molecule has 4 nitrogen and oxygen atoms in total. The molecule has 0 fully saturated rings. The maximum atomic E-state index is 4.70. The van der Waals surface area contributed by atoms with Crippen molar-refractivity contribution >= 4 is 32.7 Å². The van der Waals surface area contributed by atoms with E-state index in [2.05, 4.69) is 69.6 Å². The van der Waals surface area contributed by atoms with Gasteiger partial charge in [-0.15, -0.1) is 0 Å². The highest BCUT2D eigenvalue weighted by molar-refractivity contribution is 9.10. The number of hydrogen-bond donors (Lipinski definition) is 2. The quantitative estimate of drug-likeness (QED) is 0.752. The van der Waals surface area contributed by atoms with Crippen LogP contribution in [0.1, 0.15) is 32.0 Å². The summed E-state index contributed by atoms with van der Waals surface area (Å²) in [6, 6.07) is 6.52. The van der Waals surface area contributed by atoms with Crippen molar-refractivity contribution in [2.24, 2.45) is 0 Å². The third-order valence-corrected chi connectivity index (χ3v) is 4.42.